The summed E-state index contributed by atoms with van der Waals surface area (Å²) < 4.78 is 0. The zero-order chi connectivity index (χ0) is 24.2. The highest BCUT2D eigenvalue weighted by Crippen LogP contribution is 2.36. The van der Waals surface area contributed by atoms with E-state index in [9.17, 15) is 0 Å². The van der Waals surface area contributed by atoms with Gasteiger partial charge in [-0.2, -0.15) is 0 Å². The molecule has 4 heterocycles. The molecule has 2 aromatic carbocycles. The fourth-order valence-electron chi connectivity index (χ4n) is 6.06. The summed E-state index contributed by atoms with van der Waals surface area (Å²) in [6.45, 7) is 9.30. The second kappa shape index (κ2) is 11.1. The molecule has 2 bridgehead atoms. The first-order valence-electron chi connectivity index (χ1n) is 13.1. The summed E-state index contributed by atoms with van der Waals surface area (Å²) in [6.07, 6.45) is 2.65. The van der Waals surface area contributed by atoms with Crippen molar-refractivity contribution < 1.29 is 0 Å². The zero-order valence-electron chi connectivity index (χ0n) is 21.2. The molecule has 2 aromatic rings. The van der Waals surface area contributed by atoms with Crippen LogP contribution in [0.3, 0.4) is 0 Å². The lowest BCUT2D eigenvalue weighted by atomic mass is 9.75. The maximum absolute atomic E-state index is 5.59. The molecule has 1 unspecified atom stereocenters. The number of hydrogen-bond donors (Lipinski definition) is 2. The average molecular weight is 493 g/mol. The Morgan fingerprint density at radius 2 is 1.71 bits per heavy atom. The minimum Gasteiger partial charge on any atom is -0.378 e. The van der Waals surface area contributed by atoms with Gasteiger partial charge in [0.25, 0.3) is 0 Å². The maximum atomic E-state index is 5.59. The zero-order valence-corrected chi connectivity index (χ0v) is 22.0. The quantitative estimate of drug-likeness (QED) is 0.573. The maximum Gasteiger partial charge on any atom is 0.170 e. The fraction of sp³-hybridized carbons (Fsp3) is 0.536. The molecule has 4 aliphatic rings. The molecular weight excluding hydrogens is 452 g/mol. The Labute approximate surface area is 216 Å². The summed E-state index contributed by atoms with van der Waals surface area (Å²) in [5.41, 5.74) is 3.59. The third-order valence-electron chi connectivity index (χ3n) is 8.14. The number of para-hydroxylation sites is 1. The van der Waals surface area contributed by atoms with Gasteiger partial charge in [0.05, 0.1) is 0 Å². The third kappa shape index (κ3) is 6.08. The summed E-state index contributed by atoms with van der Waals surface area (Å²) in [6, 6.07) is 19.8. The minimum atomic E-state index is 0.593. The number of rotatable bonds is 7. The standard InChI is InChI=1S/C28H40N6S/c1-31(2)25-10-8-24(9-11-25)30-28(35)29-19-27-18-22-12-13-34(27)21-23(22)20-32-14-16-33(17-15-32)26-6-4-3-5-7-26/h3-11,22-23,27H,12-21H2,1-2H3,(H2,29,30,35)/t22-,23-,27+/m0/s1. The molecule has 4 aliphatic heterocycles. The van der Waals surface area contributed by atoms with Crippen LogP contribution in [0, 0.1) is 11.8 Å². The van der Waals surface area contributed by atoms with Crippen molar-refractivity contribution in [3.63, 3.8) is 0 Å². The number of anilines is 3. The normalized spacial score (nSPS) is 26.4. The van der Waals surface area contributed by atoms with Crippen LogP contribution in [0.15, 0.2) is 54.6 Å². The molecule has 0 radical (unpaired) electrons. The van der Waals surface area contributed by atoms with Gasteiger partial charge in [0.1, 0.15) is 0 Å². The van der Waals surface area contributed by atoms with E-state index in [4.69, 9.17) is 12.2 Å². The first-order valence-corrected chi connectivity index (χ1v) is 13.5. The summed E-state index contributed by atoms with van der Waals surface area (Å²) in [7, 11) is 4.11. The first kappa shape index (κ1) is 24.3. The lowest BCUT2D eigenvalue weighted by Gasteiger charge is -2.51. The Morgan fingerprint density at radius 1 is 0.971 bits per heavy atom. The van der Waals surface area contributed by atoms with Gasteiger partial charge in [0, 0.05) is 83.0 Å². The molecular formula is C28H40N6S. The number of nitrogens with one attached hydrogen (secondary N) is 2. The molecule has 4 saturated heterocycles. The summed E-state index contributed by atoms with van der Waals surface area (Å²) in [5, 5.41) is 7.56. The summed E-state index contributed by atoms with van der Waals surface area (Å²) >= 11 is 5.59. The molecule has 6 nitrogen and oxygen atoms in total. The monoisotopic (exact) mass is 492 g/mol. The molecule has 4 atom stereocenters. The highest BCUT2D eigenvalue weighted by atomic mass is 32.1. The number of piperazine rings is 1. The van der Waals surface area contributed by atoms with E-state index in [1.165, 1.54) is 56.9 Å². The van der Waals surface area contributed by atoms with Crippen molar-refractivity contribution in [2.24, 2.45) is 11.8 Å². The van der Waals surface area contributed by atoms with E-state index in [1.807, 2.05) is 0 Å². The van der Waals surface area contributed by atoms with Crippen LogP contribution in [0.25, 0.3) is 0 Å². The van der Waals surface area contributed by atoms with Crippen molar-refractivity contribution in [3.05, 3.63) is 54.6 Å². The minimum absolute atomic E-state index is 0.593. The molecule has 0 aliphatic carbocycles. The van der Waals surface area contributed by atoms with E-state index in [0.29, 0.717) is 6.04 Å². The van der Waals surface area contributed by atoms with Crippen molar-refractivity contribution in [3.8, 4) is 0 Å². The average Bonchev–Trinajstić information content (AvgIpc) is 2.89. The highest BCUT2D eigenvalue weighted by Gasteiger charge is 2.40. The van der Waals surface area contributed by atoms with Crippen molar-refractivity contribution >= 4 is 34.4 Å². The Hall–Kier alpha value is -2.35. The van der Waals surface area contributed by atoms with Crippen LogP contribution in [-0.2, 0) is 0 Å². The Balaban J connectivity index is 1.05. The van der Waals surface area contributed by atoms with Gasteiger partial charge in [-0.3, -0.25) is 9.80 Å². The van der Waals surface area contributed by atoms with Crippen molar-refractivity contribution in [1.29, 1.82) is 0 Å². The van der Waals surface area contributed by atoms with E-state index in [0.717, 1.165) is 42.3 Å². The van der Waals surface area contributed by atoms with Gasteiger partial charge in [-0.15, -0.1) is 0 Å². The predicted molar refractivity (Wildman–Crippen MR) is 152 cm³/mol. The van der Waals surface area contributed by atoms with Gasteiger partial charge in [-0.1, -0.05) is 18.2 Å². The molecule has 4 fully saturated rings. The van der Waals surface area contributed by atoms with Crippen LogP contribution in [0.2, 0.25) is 0 Å². The lowest BCUT2D eigenvalue weighted by molar-refractivity contribution is -0.0110. The van der Waals surface area contributed by atoms with Gasteiger partial charge in [-0.05, 0) is 79.8 Å². The number of benzene rings is 2. The molecule has 35 heavy (non-hydrogen) atoms. The lowest BCUT2D eigenvalue weighted by Crippen LogP contribution is -2.59. The molecule has 2 N–H and O–H groups in total. The number of piperidine rings is 3. The van der Waals surface area contributed by atoms with E-state index in [-0.39, 0.29) is 0 Å². The second-order valence-corrected chi connectivity index (χ2v) is 11.0. The van der Waals surface area contributed by atoms with Crippen molar-refractivity contribution in [2.75, 3.05) is 81.6 Å². The Bertz CT molecular complexity index is 957. The molecule has 0 aromatic heterocycles. The van der Waals surface area contributed by atoms with Crippen molar-refractivity contribution in [1.82, 2.24) is 15.1 Å². The highest BCUT2D eigenvalue weighted by molar-refractivity contribution is 7.80. The SMILES string of the molecule is CN(C)c1ccc(NC(=S)NC[C@H]2C[C@@H]3CCN2C[C@@H]3CN2CCN(c3ccccc3)CC2)cc1. The Morgan fingerprint density at radius 3 is 2.37 bits per heavy atom. The molecule has 6 rings (SSSR count). The van der Waals surface area contributed by atoms with E-state index < -0.39 is 0 Å². The molecule has 0 spiro atoms. The van der Waals surface area contributed by atoms with E-state index in [2.05, 4.69) is 98.9 Å². The van der Waals surface area contributed by atoms with Crippen LogP contribution in [-0.4, -0.2) is 87.4 Å². The van der Waals surface area contributed by atoms with Crippen LogP contribution in [0.4, 0.5) is 17.1 Å². The first-order chi connectivity index (χ1) is 17.0. The van der Waals surface area contributed by atoms with Gasteiger partial charge in [0.15, 0.2) is 5.11 Å². The largest absolute Gasteiger partial charge is 0.378 e. The number of fused-ring (bicyclic) bond motifs is 3. The molecule has 7 heteroatoms. The van der Waals surface area contributed by atoms with Crippen molar-refractivity contribution in [2.45, 2.75) is 18.9 Å². The molecule has 188 valence electrons. The number of hydrogen-bond acceptors (Lipinski definition) is 5. The molecule has 0 amide bonds. The van der Waals surface area contributed by atoms with Crippen LogP contribution in [0.5, 0.6) is 0 Å². The smallest absolute Gasteiger partial charge is 0.170 e. The number of thiocarbonyl (C=S) groups is 1. The number of nitrogens with zero attached hydrogens (tertiary/aromatic N) is 4. The fourth-order valence-corrected chi connectivity index (χ4v) is 6.26. The Kier molecular flexibility index (Phi) is 7.75. The van der Waals surface area contributed by atoms with E-state index >= 15 is 0 Å². The van der Waals surface area contributed by atoms with Crippen LogP contribution in [0.1, 0.15) is 12.8 Å². The molecule has 0 saturated carbocycles. The van der Waals surface area contributed by atoms with Crippen LogP contribution < -0.4 is 20.4 Å². The summed E-state index contributed by atoms with van der Waals surface area (Å²) in [5.74, 6) is 1.66. The predicted octanol–water partition coefficient (Wildman–Crippen LogP) is 3.57. The second-order valence-electron chi connectivity index (χ2n) is 10.6. The van der Waals surface area contributed by atoms with Gasteiger partial charge in [0.2, 0.25) is 0 Å². The van der Waals surface area contributed by atoms with E-state index in [1.54, 1.807) is 0 Å². The third-order valence-corrected chi connectivity index (χ3v) is 8.39. The van der Waals surface area contributed by atoms with Gasteiger partial charge < -0.3 is 20.4 Å². The summed E-state index contributed by atoms with van der Waals surface area (Å²) in [4.78, 5) is 10.1. The van der Waals surface area contributed by atoms with Gasteiger partial charge >= 0.3 is 0 Å². The topological polar surface area (TPSA) is 37.0 Å². The van der Waals surface area contributed by atoms with Gasteiger partial charge in [-0.25, -0.2) is 0 Å². The van der Waals surface area contributed by atoms with Crippen LogP contribution >= 0.6 is 12.2 Å².